The summed E-state index contributed by atoms with van der Waals surface area (Å²) in [5.41, 5.74) is 0.173. The van der Waals surface area contributed by atoms with Crippen LogP contribution in [-0.2, 0) is 0 Å². The van der Waals surface area contributed by atoms with Crippen molar-refractivity contribution in [3.8, 4) is 34.3 Å². The first-order chi connectivity index (χ1) is 11.0. The Morgan fingerprint density at radius 2 is 1.83 bits per heavy atom. The van der Waals surface area contributed by atoms with Gasteiger partial charge in [0.05, 0.1) is 19.8 Å². The highest BCUT2D eigenvalue weighted by Gasteiger charge is 2.17. The zero-order chi connectivity index (χ0) is 16.6. The van der Waals surface area contributed by atoms with E-state index in [1.54, 1.807) is 18.2 Å². The Balaban J connectivity index is 2.32. The summed E-state index contributed by atoms with van der Waals surface area (Å²) in [6.07, 6.45) is 0. The third kappa shape index (κ3) is 2.44. The van der Waals surface area contributed by atoms with Gasteiger partial charge >= 0.3 is 0 Å². The summed E-state index contributed by atoms with van der Waals surface area (Å²) in [5, 5.41) is 19.4. The summed E-state index contributed by atoms with van der Waals surface area (Å²) in [5.74, 6) is 0.613. The molecule has 2 aromatic carbocycles. The molecule has 6 nitrogen and oxygen atoms in total. The van der Waals surface area contributed by atoms with Gasteiger partial charge in [0.1, 0.15) is 28.2 Å². The van der Waals surface area contributed by atoms with Gasteiger partial charge < -0.3 is 24.1 Å². The number of aromatic hydroxyl groups is 2. The zero-order valence-electron chi connectivity index (χ0n) is 12.5. The molecule has 3 aromatic rings. The van der Waals surface area contributed by atoms with Crippen molar-refractivity contribution in [1.82, 2.24) is 0 Å². The quantitative estimate of drug-likeness (QED) is 0.772. The Labute approximate surface area is 131 Å². The number of phenols is 2. The van der Waals surface area contributed by atoms with Gasteiger partial charge in [-0.05, 0) is 12.1 Å². The van der Waals surface area contributed by atoms with Crippen LogP contribution >= 0.6 is 0 Å². The molecule has 0 spiro atoms. The molecule has 0 saturated carbocycles. The predicted molar refractivity (Wildman–Crippen MR) is 84.4 cm³/mol. The summed E-state index contributed by atoms with van der Waals surface area (Å²) < 4.78 is 16.2. The van der Waals surface area contributed by atoms with Crippen LogP contribution in [-0.4, -0.2) is 24.4 Å². The molecule has 2 N–H and O–H groups in total. The van der Waals surface area contributed by atoms with E-state index in [1.807, 2.05) is 0 Å². The lowest BCUT2D eigenvalue weighted by Gasteiger charge is -2.12. The van der Waals surface area contributed by atoms with Crippen LogP contribution < -0.4 is 14.9 Å². The van der Waals surface area contributed by atoms with Crippen LogP contribution in [0.5, 0.6) is 23.0 Å². The number of fused-ring (bicyclic) bond motifs is 1. The number of rotatable bonds is 3. The molecule has 0 fully saturated rings. The molecule has 0 saturated heterocycles. The van der Waals surface area contributed by atoms with Gasteiger partial charge in [-0.15, -0.1) is 0 Å². The molecule has 0 amide bonds. The van der Waals surface area contributed by atoms with Crippen molar-refractivity contribution in [3.63, 3.8) is 0 Å². The maximum Gasteiger partial charge on any atom is 0.197 e. The molecule has 6 heteroatoms. The third-order valence-electron chi connectivity index (χ3n) is 3.46. The number of ether oxygens (including phenoxy) is 2. The number of phenolic OH excluding ortho intramolecular Hbond substituents is 2. The molecule has 3 rings (SSSR count). The van der Waals surface area contributed by atoms with E-state index >= 15 is 0 Å². The minimum absolute atomic E-state index is 0.00779. The maximum atomic E-state index is 12.3. The largest absolute Gasteiger partial charge is 0.508 e. The van der Waals surface area contributed by atoms with Gasteiger partial charge in [0, 0.05) is 18.2 Å². The summed E-state index contributed by atoms with van der Waals surface area (Å²) in [6, 6.07) is 8.79. The van der Waals surface area contributed by atoms with Crippen molar-refractivity contribution >= 4 is 11.0 Å². The van der Waals surface area contributed by atoms with E-state index in [0.717, 1.165) is 6.07 Å². The number of hydrogen-bond acceptors (Lipinski definition) is 6. The SMILES string of the molecule is COc1cccc(-c2cc(=O)c3c(O)cc(O)cc3o2)c1OC. The molecule has 0 aliphatic rings. The van der Waals surface area contributed by atoms with Crippen molar-refractivity contribution < 1.29 is 24.1 Å². The summed E-state index contributed by atoms with van der Waals surface area (Å²) in [6.45, 7) is 0. The van der Waals surface area contributed by atoms with Gasteiger partial charge in [-0.1, -0.05) is 6.07 Å². The van der Waals surface area contributed by atoms with E-state index in [4.69, 9.17) is 13.9 Å². The molecule has 0 aliphatic carbocycles. The number of hydrogen-bond donors (Lipinski definition) is 2. The fourth-order valence-corrected chi connectivity index (χ4v) is 2.47. The molecular weight excluding hydrogens is 300 g/mol. The fraction of sp³-hybridized carbons (Fsp3) is 0.118. The molecule has 0 radical (unpaired) electrons. The number of methoxy groups -OCH3 is 2. The smallest absolute Gasteiger partial charge is 0.197 e. The van der Waals surface area contributed by atoms with E-state index in [-0.39, 0.29) is 28.2 Å². The second-order valence-corrected chi connectivity index (χ2v) is 4.85. The van der Waals surface area contributed by atoms with Crippen molar-refractivity contribution in [3.05, 3.63) is 46.6 Å². The van der Waals surface area contributed by atoms with Gasteiger partial charge in [-0.25, -0.2) is 0 Å². The zero-order valence-corrected chi connectivity index (χ0v) is 12.5. The molecule has 1 heterocycles. The highest BCUT2D eigenvalue weighted by atomic mass is 16.5. The number of para-hydroxylation sites is 1. The van der Waals surface area contributed by atoms with E-state index in [2.05, 4.69) is 0 Å². The highest BCUT2D eigenvalue weighted by molar-refractivity contribution is 5.86. The first-order valence-corrected chi connectivity index (χ1v) is 6.76. The van der Waals surface area contributed by atoms with Gasteiger partial charge in [-0.3, -0.25) is 4.79 Å². The predicted octanol–water partition coefficient (Wildman–Crippen LogP) is 2.89. The Bertz CT molecular complexity index is 942. The van der Waals surface area contributed by atoms with E-state index in [9.17, 15) is 15.0 Å². The molecule has 23 heavy (non-hydrogen) atoms. The average Bonchev–Trinajstić information content (AvgIpc) is 2.52. The van der Waals surface area contributed by atoms with Crippen LogP contribution in [0.2, 0.25) is 0 Å². The Hall–Kier alpha value is -3.15. The second-order valence-electron chi connectivity index (χ2n) is 4.85. The third-order valence-corrected chi connectivity index (χ3v) is 3.46. The van der Waals surface area contributed by atoms with Crippen LogP contribution in [0.3, 0.4) is 0 Å². The van der Waals surface area contributed by atoms with Crippen molar-refractivity contribution in [1.29, 1.82) is 0 Å². The molecular formula is C17H14O6. The van der Waals surface area contributed by atoms with E-state index in [0.29, 0.717) is 17.1 Å². The lowest BCUT2D eigenvalue weighted by molar-refractivity contribution is 0.355. The first-order valence-electron chi connectivity index (χ1n) is 6.76. The Morgan fingerprint density at radius 3 is 2.52 bits per heavy atom. The van der Waals surface area contributed by atoms with Gasteiger partial charge in [0.25, 0.3) is 0 Å². The van der Waals surface area contributed by atoms with Gasteiger partial charge in [0.2, 0.25) is 0 Å². The molecule has 0 unspecified atom stereocenters. The van der Waals surface area contributed by atoms with Crippen LogP contribution in [0.1, 0.15) is 0 Å². The minimum atomic E-state index is -0.427. The highest BCUT2D eigenvalue weighted by Crippen LogP contribution is 2.39. The van der Waals surface area contributed by atoms with Crippen LogP contribution in [0.4, 0.5) is 0 Å². The topological polar surface area (TPSA) is 89.1 Å². The van der Waals surface area contributed by atoms with Crippen LogP contribution in [0.15, 0.2) is 45.6 Å². The first kappa shape index (κ1) is 14.8. The normalized spacial score (nSPS) is 10.7. The Morgan fingerprint density at radius 1 is 1.04 bits per heavy atom. The van der Waals surface area contributed by atoms with Gasteiger partial charge in [-0.2, -0.15) is 0 Å². The fourth-order valence-electron chi connectivity index (χ4n) is 2.47. The van der Waals surface area contributed by atoms with Crippen LogP contribution in [0, 0.1) is 0 Å². The van der Waals surface area contributed by atoms with E-state index in [1.165, 1.54) is 26.4 Å². The molecule has 1 aromatic heterocycles. The second kappa shape index (κ2) is 5.57. The average molecular weight is 314 g/mol. The summed E-state index contributed by atoms with van der Waals surface area (Å²) >= 11 is 0. The monoisotopic (exact) mass is 314 g/mol. The molecule has 118 valence electrons. The summed E-state index contributed by atoms with van der Waals surface area (Å²) in [4.78, 5) is 12.3. The number of benzene rings is 2. The lowest BCUT2D eigenvalue weighted by Crippen LogP contribution is -2.01. The lowest BCUT2D eigenvalue weighted by atomic mass is 10.1. The van der Waals surface area contributed by atoms with Crippen molar-refractivity contribution in [2.75, 3.05) is 14.2 Å². The van der Waals surface area contributed by atoms with E-state index < -0.39 is 5.43 Å². The van der Waals surface area contributed by atoms with Crippen molar-refractivity contribution in [2.45, 2.75) is 0 Å². The summed E-state index contributed by atoms with van der Waals surface area (Å²) in [7, 11) is 2.99. The molecule has 0 bridgehead atoms. The van der Waals surface area contributed by atoms with Crippen molar-refractivity contribution in [2.24, 2.45) is 0 Å². The Kier molecular flexibility index (Phi) is 3.57. The standard InChI is InChI=1S/C17H14O6/c1-21-13-5-3-4-10(17(13)22-2)14-8-12(20)16-11(19)6-9(18)7-15(16)23-14/h3-8,18-19H,1-2H3. The molecule has 0 aliphatic heterocycles. The van der Waals surface area contributed by atoms with Crippen LogP contribution in [0.25, 0.3) is 22.3 Å². The molecule has 0 atom stereocenters. The van der Waals surface area contributed by atoms with Gasteiger partial charge in [0.15, 0.2) is 16.9 Å². The maximum absolute atomic E-state index is 12.3. The minimum Gasteiger partial charge on any atom is -0.508 e.